The normalized spacial score (nSPS) is 11.2. The topological polar surface area (TPSA) is 47.0 Å². The van der Waals surface area contributed by atoms with Crippen LogP contribution in [0, 0.1) is 0 Å². The lowest BCUT2D eigenvalue weighted by Crippen LogP contribution is -2.19. The van der Waals surface area contributed by atoms with Crippen molar-refractivity contribution in [1.29, 1.82) is 0 Å². The molecule has 0 bridgehead atoms. The molecule has 8 heteroatoms. The summed E-state index contributed by atoms with van der Waals surface area (Å²) in [7, 11) is 0. The van der Waals surface area contributed by atoms with Crippen molar-refractivity contribution >= 4 is 23.2 Å². The quantitative estimate of drug-likeness (QED) is 0.872. The minimum absolute atomic E-state index is 0.125. The van der Waals surface area contributed by atoms with Crippen molar-refractivity contribution in [2.75, 3.05) is 11.9 Å². The summed E-state index contributed by atoms with van der Waals surface area (Å²) in [5, 5.41) is 3.14. The van der Waals surface area contributed by atoms with Gasteiger partial charge in [-0.05, 0) is 30.3 Å². The van der Waals surface area contributed by atoms with E-state index < -0.39 is 12.8 Å². The first-order valence-electron chi connectivity index (χ1n) is 5.47. The summed E-state index contributed by atoms with van der Waals surface area (Å²) < 4.78 is 40.5. The molecule has 0 unspecified atom stereocenters. The van der Waals surface area contributed by atoms with E-state index in [2.05, 4.69) is 20.0 Å². The highest BCUT2D eigenvalue weighted by Crippen LogP contribution is 2.21. The van der Waals surface area contributed by atoms with Crippen LogP contribution in [0.15, 0.2) is 36.5 Å². The van der Waals surface area contributed by atoms with E-state index in [1.165, 1.54) is 24.4 Å². The van der Waals surface area contributed by atoms with E-state index in [0.29, 0.717) is 11.6 Å². The smallest absolute Gasteiger partial charge is 0.422 e. The highest BCUT2D eigenvalue weighted by atomic mass is 35.5. The third-order valence-electron chi connectivity index (χ3n) is 2.13. The molecule has 20 heavy (non-hydrogen) atoms. The fraction of sp³-hybridized carbons (Fsp3) is 0.167. The van der Waals surface area contributed by atoms with Crippen molar-refractivity contribution in [3.8, 4) is 5.75 Å². The van der Waals surface area contributed by atoms with Crippen LogP contribution in [0.25, 0.3) is 0 Å². The van der Waals surface area contributed by atoms with Gasteiger partial charge in [-0.15, -0.1) is 0 Å². The van der Waals surface area contributed by atoms with E-state index in [1.807, 2.05) is 0 Å². The van der Waals surface area contributed by atoms with Gasteiger partial charge in [-0.1, -0.05) is 11.6 Å². The molecule has 0 atom stereocenters. The van der Waals surface area contributed by atoms with Gasteiger partial charge < -0.3 is 10.1 Å². The summed E-state index contributed by atoms with van der Waals surface area (Å²) >= 11 is 5.70. The third-order valence-corrected chi connectivity index (χ3v) is 2.35. The van der Waals surface area contributed by atoms with Gasteiger partial charge in [0.2, 0.25) is 5.95 Å². The molecule has 106 valence electrons. The second-order valence-corrected chi connectivity index (χ2v) is 4.14. The molecule has 1 heterocycles. The van der Waals surface area contributed by atoms with Crippen molar-refractivity contribution in [3.05, 3.63) is 41.7 Å². The highest BCUT2D eigenvalue weighted by Gasteiger charge is 2.28. The highest BCUT2D eigenvalue weighted by molar-refractivity contribution is 6.29. The minimum Gasteiger partial charge on any atom is -0.484 e. The largest absolute Gasteiger partial charge is 0.484 e. The molecular formula is C12H9ClF3N3O. The van der Waals surface area contributed by atoms with Crippen LogP contribution in [-0.2, 0) is 0 Å². The van der Waals surface area contributed by atoms with Crippen LogP contribution in [-0.4, -0.2) is 22.8 Å². The van der Waals surface area contributed by atoms with Gasteiger partial charge in [0.25, 0.3) is 0 Å². The predicted molar refractivity (Wildman–Crippen MR) is 68.3 cm³/mol. The van der Waals surface area contributed by atoms with Crippen molar-refractivity contribution < 1.29 is 17.9 Å². The maximum Gasteiger partial charge on any atom is 0.422 e. The number of anilines is 2. The van der Waals surface area contributed by atoms with Crippen LogP contribution in [0.3, 0.4) is 0 Å². The lowest BCUT2D eigenvalue weighted by molar-refractivity contribution is -0.153. The van der Waals surface area contributed by atoms with Crippen LogP contribution >= 0.6 is 11.6 Å². The number of hydrogen-bond acceptors (Lipinski definition) is 4. The Hall–Kier alpha value is -2.02. The van der Waals surface area contributed by atoms with E-state index in [1.54, 1.807) is 12.1 Å². The van der Waals surface area contributed by atoms with Crippen molar-refractivity contribution in [1.82, 2.24) is 9.97 Å². The molecule has 0 saturated heterocycles. The summed E-state index contributed by atoms with van der Waals surface area (Å²) in [6.45, 7) is -1.32. The van der Waals surface area contributed by atoms with Gasteiger partial charge in [-0.2, -0.15) is 13.2 Å². The Bertz CT molecular complexity index is 575. The van der Waals surface area contributed by atoms with Crippen LogP contribution in [0.4, 0.5) is 24.8 Å². The van der Waals surface area contributed by atoms with Gasteiger partial charge >= 0.3 is 6.18 Å². The fourth-order valence-corrected chi connectivity index (χ4v) is 1.46. The summed E-state index contributed by atoms with van der Waals surface area (Å²) in [5.41, 5.74) is 0.603. The van der Waals surface area contributed by atoms with E-state index in [4.69, 9.17) is 11.6 Å². The van der Waals surface area contributed by atoms with Crippen molar-refractivity contribution in [3.63, 3.8) is 0 Å². The monoisotopic (exact) mass is 303 g/mol. The van der Waals surface area contributed by atoms with Gasteiger partial charge in [-0.3, -0.25) is 0 Å². The number of hydrogen-bond donors (Lipinski definition) is 1. The predicted octanol–water partition coefficient (Wildman–Crippen LogP) is 3.81. The Morgan fingerprint density at radius 1 is 1.15 bits per heavy atom. The summed E-state index contributed by atoms with van der Waals surface area (Å²) in [4.78, 5) is 7.86. The van der Waals surface area contributed by atoms with E-state index in [-0.39, 0.29) is 10.9 Å². The van der Waals surface area contributed by atoms with Crippen LogP contribution in [0.2, 0.25) is 5.15 Å². The SMILES string of the molecule is FC(F)(F)COc1ccc(Nc2nccc(Cl)n2)cc1. The van der Waals surface area contributed by atoms with Gasteiger partial charge in [0.15, 0.2) is 6.61 Å². The summed E-state index contributed by atoms with van der Waals surface area (Å²) in [5.74, 6) is 0.418. The lowest BCUT2D eigenvalue weighted by atomic mass is 10.3. The second-order valence-electron chi connectivity index (χ2n) is 3.76. The van der Waals surface area contributed by atoms with Gasteiger partial charge in [0.1, 0.15) is 10.9 Å². The number of nitrogens with zero attached hydrogens (tertiary/aromatic N) is 2. The molecule has 1 aromatic heterocycles. The maximum absolute atomic E-state index is 12.0. The number of ether oxygens (including phenoxy) is 1. The Kier molecular flexibility index (Phi) is 4.29. The van der Waals surface area contributed by atoms with Crippen LogP contribution in [0.5, 0.6) is 5.75 Å². The first-order valence-corrected chi connectivity index (χ1v) is 5.85. The molecular weight excluding hydrogens is 295 g/mol. The molecule has 0 amide bonds. The summed E-state index contributed by atoms with van der Waals surface area (Å²) in [6, 6.07) is 7.46. The van der Waals surface area contributed by atoms with Gasteiger partial charge in [-0.25, -0.2) is 9.97 Å². The average molecular weight is 304 g/mol. The first kappa shape index (κ1) is 14.4. The molecule has 1 aromatic carbocycles. The maximum atomic E-state index is 12.0. The van der Waals surface area contributed by atoms with E-state index in [0.717, 1.165) is 0 Å². The third kappa shape index (κ3) is 4.58. The Morgan fingerprint density at radius 2 is 1.85 bits per heavy atom. The van der Waals surface area contributed by atoms with Crippen LogP contribution < -0.4 is 10.1 Å². The summed E-state index contributed by atoms with van der Waals surface area (Å²) in [6.07, 6.45) is -2.87. The molecule has 2 aromatic rings. The zero-order valence-electron chi connectivity index (χ0n) is 9.99. The van der Waals surface area contributed by atoms with E-state index >= 15 is 0 Å². The number of alkyl halides is 3. The minimum atomic E-state index is -4.36. The van der Waals surface area contributed by atoms with Crippen molar-refractivity contribution in [2.24, 2.45) is 0 Å². The lowest BCUT2D eigenvalue weighted by Gasteiger charge is -2.10. The Labute approximate surface area is 117 Å². The number of nitrogens with one attached hydrogen (secondary N) is 1. The molecule has 0 aliphatic carbocycles. The molecule has 1 N–H and O–H groups in total. The zero-order valence-corrected chi connectivity index (χ0v) is 10.7. The number of aromatic nitrogens is 2. The Morgan fingerprint density at radius 3 is 2.45 bits per heavy atom. The first-order chi connectivity index (χ1) is 9.42. The van der Waals surface area contributed by atoms with Crippen molar-refractivity contribution in [2.45, 2.75) is 6.18 Å². The molecule has 0 aliphatic rings. The number of benzene rings is 1. The molecule has 0 saturated carbocycles. The van der Waals surface area contributed by atoms with Gasteiger partial charge in [0, 0.05) is 11.9 Å². The fourth-order valence-electron chi connectivity index (χ4n) is 1.33. The number of halogens is 4. The number of rotatable bonds is 4. The second kappa shape index (κ2) is 5.96. The molecule has 0 aliphatic heterocycles. The molecule has 0 fully saturated rings. The molecule has 4 nitrogen and oxygen atoms in total. The molecule has 0 radical (unpaired) electrons. The Balaban J connectivity index is 1.98. The van der Waals surface area contributed by atoms with Gasteiger partial charge in [0.05, 0.1) is 0 Å². The standard InChI is InChI=1S/C12H9ClF3N3O/c13-10-5-6-17-11(19-10)18-8-1-3-9(4-2-8)20-7-12(14,15)16/h1-6H,7H2,(H,17,18,19). The van der Waals surface area contributed by atoms with Crippen LogP contribution in [0.1, 0.15) is 0 Å². The average Bonchev–Trinajstić information content (AvgIpc) is 2.37. The van der Waals surface area contributed by atoms with E-state index in [9.17, 15) is 13.2 Å². The molecule has 2 rings (SSSR count). The zero-order chi connectivity index (χ0) is 14.6. The molecule has 0 spiro atoms.